The van der Waals surface area contributed by atoms with Crippen molar-refractivity contribution >= 4 is 11.9 Å². The van der Waals surface area contributed by atoms with Crippen molar-refractivity contribution in [2.75, 3.05) is 0 Å². The van der Waals surface area contributed by atoms with Crippen LogP contribution in [0.5, 0.6) is 0 Å². The molecule has 0 aromatic heterocycles. The van der Waals surface area contributed by atoms with Gasteiger partial charge in [-0.1, -0.05) is 13.3 Å². The maximum Gasteiger partial charge on any atom is 0.309 e. The zero-order chi connectivity index (χ0) is 12.0. The molecule has 5 unspecified atom stereocenters. The van der Waals surface area contributed by atoms with E-state index in [1.165, 1.54) is 0 Å². The molecule has 2 aliphatic carbocycles. The third-order valence-electron chi connectivity index (χ3n) is 4.42. The van der Waals surface area contributed by atoms with Crippen molar-refractivity contribution in [2.24, 2.45) is 17.8 Å². The highest BCUT2D eigenvalue weighted by atomic mass is 16.6. The minimum absolute atomic E-state index is 0.0744. The van der Waals surface area contributed by atoms with Gasteiger partial charge in [0.05, 0.1) is 5.92 Å². The first kappa shape index (κ1) is 11.1. The zero-order valence-electron chi connectivity index (χ0n) is 10.1. The van der Waals surface area contributed by atoms with Crippen LogP contribution in [-0.2, 0) is 19.1 Å². The summed E-state index contributed by atoms with van der Waals surface area (Å²) >= 11 is 0. The van der Waals surface area contributed by atoms with Crippen LogP contribution in [0, 0.1) is 17.8 Å². The van der Waals surface area contributed by atoms with Crippen LogP contribution in [0.4, 0.5) is 0 Å². The van der Waals surface area contributed by atoms with Gasteiger partial charge < -0.3 is 9.47 Å². The fourth-order valence-corrected chi connectivity index (χ4v) is 3.60. The van der Waals surface area contributed by atoms with Crippen LogP contribution in [0.15, 0.2) is 0 Å². The molecule has 3 aliphatic rings. The smallest absolute Gasteiger partial charge is 0.309 e. The summed E-state index contributed by atoms with van der Waals surface area (Å²) in [5.74, 6) is 0.553. The van der Waals surface area contributed by atoms with E-state index in [0.717, 1.165) is 25.7 Å². The minimum Gasteiger partial charge on any atom is -0.458 e. The van der Waals surface area contributed by atoms with E-state index < -0.39 is 0 Å². The van der Waals surface area contributed by atoms with Gasteiger partial charge in [-0.05, 0) is 19.3 Å². The Labute approximate surface area is 101 Å². The Bertz CT molecular complexity index is 351. The molecular weight excluding hydrogens is 220 g/mol. The number of hydrogen-bond acceptors (Lipinski definition) is 4. The van der Waals surface area contributed by atoms with Gasteiger partial charge in [-0.3, -0.25) is 9.59 Å². The Balaban J connectivity index is 1.62. The highest BCUT2D eigenvalue weighted by molar-refractivity contribution is 5.77. The van der Waals surface area contributed by atoms with Crippen molar-refractivity contribution in [3.05, 3.63) is 0 Å². The quantitative estimate of drug-likeness (QED) is 0.699. The van der Waals surface area contributed by atoms with E-state index in [9.17, 15) is 9.59 Å². The van der Waals surface area contributed by atoms with Crippen molar-refractivity contribution in [3.63, 3.8) is 0 Å². The first-order chi connectivity index (χ1) is 8.20. The van der Waals surface area contributed by atoms with Gasteiger partial charge in [0.1, 0.15) is 12.2 Å². The molecule has 0 aromatic rings. The van der Waals surface area contributed by atoms with Crippen LogP contribution < -0.4 is 0 Å². The van der Waals surface area contributed by atoms with Crippen molar-refractivity contribution in [2.45, 2.75) is 51.2 Å². The summed E-state index contributed by atoms with van der Waals surface area (Å²) in [7, 11) is 0. The van der Waals surface area contributed by atoms with Gasteiger partial charge in [0.15, 0.2) is 0 Å². The Morgan fingerprint density at radius 3 is 3.06 bits per heavy atom. The summed E-state index contributed by atoms with van der Waals surface area (Å²) in [6.07, 6.45) is 3.88. The predicted octanol–water partition coefficient (Wildman–Crippen LogP) is 1.67. The monoisotopic (exact) mass is 238 g/mol. The fraction of sp³-hybridized carbons (Fsp3) is 0.846. The highest BCUT2D eigenvalue weighted by Crippen LogP contribution is 2.55. The van der Waals surface area contributed by atoms with Gasteiger partial charge >= 0.3 is 11.9 Å². The van der Waals surface area contributed by atoms with Crippen molar-refractivity contribution < 1.29 is 19.1 Å². The number of fused-ring (bicyclic) bond motifs is 1. The lowest BCUT2D eigenvalue weighted by Gasteiger charge is -2.25. The topological polar surface area (TPSA) is 52.6 Å². The molecule has 2 saturated carbocycles. The molecule has 0 radical (unpaired) electrons. The van der Waals surface area contributed by atoms with Gasteiger partial charge in [0.2, 0.25) is 0 Å². The van der Waals surface area contributed by atoms with Crippen LogP contribution in [0.25, 0.3) is 0 Å². The van der Waals surface area contributed by atoms with Gasteiger partial charge in [0, 0.05) is 18.3 Å². The molecule has 4 nitrogen and oxygen atoms in total. The van der Waals surface area contributed by atoms with E-state index in [-0.39, 0.29) is 30.1 Å². The van der Waals surface area contributed by atoms with Gasteiger partial charge in [-0.25, -0.2) is 0 Å². The molecule has 2 bridgehead atoms. The molecule has 1 aliphatic heterocycles. The molecule has 94 valence electrons. The standard InChI is InChI=1S/C13H18O4/c1-2-3-4-10(14)16-11-7-5-8-9(6-7)13(15)17-12(8)11/h7-9,11-12H,2-6H2,1H3. The molecule has 4 heteroatoms. The lowest BCUT2D eigenvalue weighted by Crippen LogP contribution is -2.35. The Hall–Kier alpha value is -1.06. The van der Waals surface area contributed by atoms with Gasteiger partial charge in [-0.2, -0.15) is 0 Å². The van der Waals surface area contributed by atoms with Crippen molar-refractivity contribution in [1.29, 1.82) is 0 Å². The largest absolute Gasteiger partial charge is 0.458 e. The second-order valence-corrected chi connectivity index (χ2v) is 5.46. The van der Waals surface area contributed by atoms with Crippen LogP contribution >= 0.6 is 0 Å². The molecule has 1 heterocycles. The summed E-state index contributed by atoms with van der Waals surface area (Å²) in [6.45, 7) is 2.05. The number of rotatable bonds is 4. The van der Waals surface area contributed by atoms with E-state index in [2.05, 4.69) is 0 Å². The third-order valence-corrected chi connectivity index (χ3v) is 4.42. The number of hydrogen-bond donors (Lipinski definition) is 0. The third kappa shape index (κ3) is 1.65. The number of carbonyl (C=O) groups excluding carboxylic acids is 2. The summed E-state index contributed by atoms with van der Waals surface area (Å²) in [6, 6.07) is 0. The predicted molar refractivity (Wildman–Crippen MR) is 59.0 cm³/mol. The summed E-state index contributed by atoms with van der Waals surface area (Å²) < 4.78 is 10.9. The van der Waals surface area contributed by atoms with Crippen LogP contribution in [0.3, 0.4) is 0 Å². The number of ether oxygens (including phenoxy) is 2. The number of carbonyl (C=O) groups is 2. The van der Waals surface area contributed by atoms with E-state index in [1.54, 1.807) is 0 Å². The van der Waals surface area contributed by atoms with E-state index in [1.807, 2.05) is 6.92 Å². The normalized spacial score (nSPS) is 41.7. The van der Waals surface area contributed by atoms with Crippen molar-refractivity contribution in [1.82, 2.24) is 0 Å². The molecule has 0 amide bonds. The maximum absolute atomic E-state index is 11.6. The highest BCUT2D eigenvalue weighted by Gasteiger charge is 2.63. The SMILES string of the molecule is CCCCC(=O)OC1C2CC3C(=O)OC1C3C2. The Kier molecular flexibility index (Phi) is 2.60. The second-order valence-electron chi connectivity index (χ2n) is 5.46. The van der Waals surface area contributed by atoms with E-state index >= 15 is 0 Å². The van der Waals surface area contributed by atoms with E-state index in [0.29, 0.717) is 18.3 Å². The zero-order valence-corrected chi connectivity index (χ0v) is 10.1. The Morgan fingerprint density at radius 1 is 1.47 bits per heavy atom. The first-order valence-corrected chi connectivity index (χ1v) is 6.60. The number of unbranched alkanes of at least 4 members (excludes halogenated alkanes) is 1. The van der Waals surface area contributed by atoms with Crippen LogP contribution in [0.1, 0.15) is 39.0 Å². The maximum atomic E-state index is 11.6. The molecule has 5 atom stereocenters. The minimum atomic E-state index is -0.160. The molecule has 0 aromatic carbocycles. The fourth-order valence-electron chi connectivity index (χ4n) is 3.60. The van der Waals surface area contributed by atoms with Crippen molar-refractivity contribution in [3.8, 4) is 0 Å². The van der Waals surface area contributed by atoms with Gasteiger partial charge in [-0.15, -0.1) is 0 Å². The average molecular weight is 238 g/mol. The summed E-state index contributed by atoms with van der Waals surface area (Å²) in [4.78, 5) is 23.2. The molecule has 3 rings (SSSR count). The molecule has 3 fully saturated rings. The summed E-state index contributed by atoms with van der Waals surface area (Å²) in [5.41, 5.74) is 0. The Morgan fingerprint density at radius 2 is 2.29 bits per heavy atom. The average Bonchev–Trinajstić information content (AvgIpc) is 2.90. The van der Waals surface area contributed by atoms with Crippen LogP contribution in [-0.4, -0.2) is 24.1 Å². The van der Waals surface area contributed by atoms with Gasteiger partial charge in [0.25, 0.3) is 0 Å². The summed E-state index contributed by atoms with van der Waals surface area (Å²) in [5, 5.41) is 0. The molecule has 0 N–H and O–H groups in total. The van der Waals surface area contributed by atoms with Crippen LogP contribution in [0.2, 0.25) is 0 Å². The first-order valence-electron chi connectivity index (χ1n) is 6.60. The molecular formula is C13H18O4. The molecule has 17 heavy (non-hydrogen) atoms. The lowest BCUT2D eigenvalue weighted by atomic mass is 9.88. The molecule has 0 spiro atoms. The number of esters is 2. The second kappa shape index (κ2) is 4.00. The van der Waals surface area contributed by atoms with E-state index in [4.69, 9.17) is 9.47 Å². The molecule has 1 saturated heterocycles. The lowest BCUT2D eigenvalue weighted by molar-refractivity contribution is -0.161.